The van der Waals surface area contributed by atoms with E-state index in [1.807, 2.05) is 6.92 Å². The summed E-state index contributed by atoms with van der Waals surface area (Å²) < 4.78 is 46.7. The predicted molar refractivity (Wildman–Crippen MR) is 118 cm³/mol. The largest absolute Gasteiger partial charge is 0.494 e. The van der Waals surface area contributed by atoms with Gasteiger partial charge in [0.2, 0.25) is 5.91 Å². The van der Waals surface area contributed by atoms with Crippen LogP contribution in [0.4, 0.5) is 10.1 Å². The maximum Gasteiger partial charge on any atom is 0.264 e. The minimum absolute atomic E-state index is 0.0732. The smallest absolute Gasteiger partial charge is 0.264 e. The monoisotopic (exact) mass is 448 g/mol. The highest BCUT2D eigenvalue weighted by Crippen LogP contribution is 2.27. The Balaban J connectivity index is 1.91. The molecule has 0 spiro atoms. The van der Waals surface area contributed by atoms with Crippen molar-refractivity contribution in [1.29, 1.82) is 0 Å². The van der Waals surface area contributed by atoms with Gasteiger partial charge in [-0.1, -0.05) is 19.3 Å². The molecule has 8 heteroatoms. The molecule has 168 valence electrons. The topological polar surface area (TPSA) is 66.9 Å². The molecule has 0 aromatic heterocycles. The van der Waals surface area contributed by atoms with E-state index in [1.165, 1.54) is 12.1 Å². The second kappa shape index (κ2) is 10.1. The number of hydrogen-bond acceptors (Lipinski definition) is 4. The Morgan fingerprint density at radius 1 is 1.03 bits per heavy atom. The van der Waals surface area contributed by atoms with Crippen molar-refractivity contribution in [2.75, 3.05) is 24.5 Å². The molecular weight excluding hydrogens is 419 g/mol. The number of anilines is 1. The number of nitrogens with zero attached hydrogens (tertiary/aromatic N) is 2. The van der Waals surface area contributed by atoms with E-state index in [0.717, 1.165) is 48.5 Å². The molecule has 2 aromatic carbocycles. The Kier molecular flexibility index (Phi) is 7.54. The molecule has 0 N–H and O–H groups in total. The second-order valence-corrected chi connectivity index (χ2v) is 9.55. The van der Waals surface area contributed by atoms with Gasteiger partial charge in [-0.15, -0.1) is 0 Å². The second-order valence-electron chi connectivity index (χ2n) is 7.69. The average molecular weight is 449 g/mol. The van der Waals surface area contributed by atoms with Crippen molar-refractivity contribution in [3.63, 3.8) is 0 Å². The first-order valence-corrected chi connectivity index (χ1v) is 12.0. The van der Waals surface area contributed by atoms with E-state index in [0.29, 0.717) is 18.0 Å². The molecule has 1 aliphatic carbocycles. The molecule has 0 radical (unpaired) electrons. The average Bonchev–Trinajstić information content (AvgIpc) is 2.78. The number of sulfonamides is 1. The van der Waals surface area contributed by atoms with Gasteiger partial charge in [0.15, 0.2) is 0 Å². The van der Waals surface area contributed by atoms with Crippen molar-refractivity contribution >= 4 is 21.6 Å². The Hall–Kier alpha value is -2.61. The van der Waals surface area contributed by atoms with Gasteiger partial charge in [-0.3, -0.25) is 9.10 Å². The van der Waals surface area contributed by atoms with Crippen molar-refractivity contribution in [2.45, 2.75) is 50.0 Å². The van der Waals surface area contributed by atoms with Crippen LogP contribution in [0.15, 0.2) is 53.4 Å². The van der Waals surface area contributed by atoms with Gasteiger partial charge in [0.1, 0.15) is 18.1 Å². The molecular formula is C23H29FN2O4S. The summed E-state index contributed by atoms with van der Waals surface area (Å²) in [7, 11) is -2.34. The van der Waals surface area contributed by atoms with Gasteiger partial charge >= 0.3 is 0 Å². The van der Waals surface area contributed by atoms with Crippen molar-refractivity contribution in [2.24, 2.45) is 0 Å². The van der Waals surface area contributed by atoms with Gasteiger partial charge in [-0.05, 0) is 68.3 Å². The summed E-state index contributed by atoms with van der Waals surface area (Å²) >= 11 is 0. The molecule has 0 atom stereocenters. The molecule has 1 amide bonds. The van der Waals surface area contributed by atoms with Crippen molar-refractivity contribution in [3.05, 3.63) is 54.3 Å². The molecule has 0 aliphatic heterocycles. The first kappa shape index (κ1) is 23.1. The summed E-state index contributed by atoms with van der Waals surface area (Å²) in [4.78, 5) is 14.7. The number of benzene rings is 2. The number of likely N-dealkylation sites (N-methyl/N-ethyl adjacent to an activating group) is 1. The Labute approximate surface area is 183 Å². The molecule has 2 aromatic rings. The zero-order chi connectivity index (χ0) is 22.4. The van der Waals surface area contributed by atoms with Crippen molar-refractivity contribution in [1.82, 2.24) is 4.90 Å². The van der Waals surface area contributed by atoms with E-state index in [2.05, 4.69) is 0 Å². The van der Waals surface area contributed by atoms with E-state index in [9.17, 15) is 17.6 Å². The minimum Gasteiger partial charge on any atom is -0.494 e. The molecule has 6 nitrogen and oxygen atoms in total. The lowest BCUT2D eigenvalue weighted by atomic mass is 9.94. The van der Waals surface area contributed by atoms with Crippen LogP contribution in [0.3, 0.4) is 0 Å². The van der Waals surface area contributed by atoms with Crippen LogP contribution in [-0.2, 0) is 14.8 Å². The molecule has 1 fully saturated rings. The highest BCUT2D eigenvalue weighted by atomic mass is 32.2. The number of carbonyl (C=O) groups excluding carboxylic acids is 1. The van der Waals surface area contributed by atoms with Crippen molar-refractivity contribution < 1.29 is 22.3 Å². The first-order chi connectivity index (χ1) is 14.8. The van der Waals surface area contributed by atoms with E-state index in [4.69, 9.17) is 4.74 Å². The third-order valence-corrected chi connectivity index (χ3v) is 7.42. The molecule has 3 rings (SSSR count). The molecule has 1 saturated carbocycles. The van der Waals surface area contributed by atoms with Crippen LogP contribution in [0, 0.1) is 5.82 Å². The van der Waals surface area contributed by atoms with Gasteiger partial charge in [-0.2, -0.15) is 0 Å². The minimum atomic E-state index is -4.08. The summed E-state index contributed by atoms with van der Waals surface area (Å²) in [5, 5.41) is 0. The SMILES string of the molecule is CCOc1ccc(N(CC(=O)N(C)C2CCCCC2)S(=O)(=O)c2ccc(F)cc2)cc1. The van der Waals surface area contributed by atoms with Crippen LogP contribution in [0.5, 0.6) is 5.75 Å². The fraction of sp³-hybridized carbons (Fsp3) is 0.435. The third kappa shape index (κ3) is 5.55. The molecule has 0 saturated heterocycles. The van der Waals surface area contributed by atoms with Crippen LogP contribution in [0.25, 0.3) is 0 Å². The van der Waals surface area contributed by atoms with Gasteiger partial charge in [-0.25, -0.2) is 12.8 Å². The normalized spacial score (nSPS) is 14.8. The highest BCUT2D eigenvalue weighted by Gasteiger charge is 2.30. The fourth-order valence-electron chi connectivity index (χ4n) is 3.83. The summed E-state index contributed by atoms with van der Waals surface area (Å²) in [5.74, 6) is -0.192. The maximum atomic E-state index is 13.4. The van der Waals surface area contributed by atoms with Crippen LogP contribution in [0.1, 0.15) is 39.0 Å². The summed E-state index contributed by atoms with van der Waals surface area (Å²) in [6.07, 6.45) is 5.15. The van der Waals surface area contributed by atoms with Crippen LogP contribution >= 0.6 is 0 Å². The van der Waals surface area contributed by atoms with Crippen LogP contribution < -0.4 is 9.04 Å². The van der Waals surface area contributed by atoms with Crippen LogP contribution in [-0.4, -0.2) is 45.5 Å². The Morgan fingerprint density at radius 3 is 2.23 bits per heavy atom. The number of rotatable bonds is 8. The number of amides is 1. The number of carbonyl (C=O) groups is 1. The van der Waals surface area contributed by atoms with Gasteiger partial charge in [0.25, 0.3) is 10.0 Å². The quantitative estimate of drug-likeness (QED) is 0.607. The predicted octanol–water partition coefficient (Wildman–Crippen LogP) is 4.21. The van der Waals surface area contributed by atoms with E-state index in [-0.39, 0.29) is 23.4 Å². The fourth-order valence-corrected chi connectivity index (χ4v) is 5.24. The number of halogens is 1. The van der Waals surface area contributed by atoms with Gasteiger partial charge in [0.05, 0.1) is 17.2 Å². The number of hydrogen-bond donors (Lipinski definition) is 0. The summed E-state index contributed by atoms with van der Waals surface area (Å²) in [6.45, 7) is 2.02. The molecule has 0 heterocycles. The van der Waals surface area contributed by atoms with Crippen molar-refractivity contribution in [3.8, 4) is 5.75 Å². The van der Waals surface area contributed by atoms with Crippen LogP contribution in [0.2, 0.25) is 0 Å². The third-order valence-electron chi connectivity index (χ3n) is 5.63. The first-order valence-electron chi connectivity index (χ1n) is 10.6. The zero-order valence-corrected chi connectivity index (χ0v) is 18.8. The maximum absolute atomic E-state index is 13.4. The molecule has 0 bridgehead atoms. The highest BCUT2D eigenvalue weighted by molar-refractivity contribution is 7.92. The van der Waals surface area contributed by atoms with E-state index in [1.54, 1.807) is 36.2 Å². The zero-order valence-electron chi connectivity index (χ0n) is 18.0. The Morgan fingerprint density at radius 2 is 1.65 bits per heavy atom. The summed E-state index contributed by atoms with van der Waals surface area (Å²) in [6, 6.07) is 11.3. The number of ether oxygens (including phenoxy) is 1. The standard InChI is InChI=1S/C23H29FN2O4S/c1-3-30-21-13-11-20(12-14-21)26(31(28,29)22-15-9-18(24)10-16-22)17-23(27)25(2)19-7-5-4-6-8-19/h9-16,19H,3-8,17H2,1-2H3. The Bertz CT molecular complexity index is 972. The molecule has 31 heavy (non-hydrogen) atoms. The van der Waals surface area contributed by atoms with Gasteiger partial charge in [0, 0.05) is 13.1 Å². The lowest BCUT2D eigenvalue weighted by Crippen LogP contribution is -2.45. The van der Waals surface area contributed by atoms with E-state index >= 15 is 0 Å². The lowest BCUT2D eigenvalue weighted by molar-refractivity contribution is -0.130. The van der Waals surface area contributed by atoms with E-state index < -0.39 is 15.8 Å². The molecule has 0 unspecified atom stereocenters. The summed E-state index contributed by atoms with van der Waals surface area (Å²) in [5.41, 5.74) is 0.346. The van der Waals surface area contributed by atoms with Gasteiger partial charge < -0.3 is 9.64 Å². The lowest BCUT2D eigenvalue weighted by Gasteiger charge is -2.33. The molecule has 1 aliphatic rings.